The van der Waals surface area contributed by atoms with Crippen molar-refractivity contribution in [2.75, 3.05) is 0 Å². The molecule has 11 heavy (non-hydrogen) atoms. The Labute approximate surface area is 67.1 Å². The molecule has 0 bridgehead atoms. The van der Waals surface area contributed by atoms with Crippen molar-refractivity contribution in [2.24, 2.45) is 0 Å². The van der Waals surface area contributed by atoms with Crippen molar-refractivity contribution >= 4 is 10.7 Å². The van der Waals surface area contributed by atoms with Crippen molar-refractivity contribution in [2.45, 2.75) is 37.0 Å². The molecule has 0 atom stereocenters. The standard InChI is InChI=1S/C6H12O4S/c7-10-6(11(8)9)4-2-1-3-5-6/h7,11H,1-5H2. The van der Waals surface area contributed by atoms with Crippen molar-refractivity contribution < 1.29 is 18.6 Å². The number of thiol groups is 1. The van der Waals surface area contributed by atoms with Gasteiger partial charge in [-0.3, -0.25) is 5.26 Å². The van der Waals surface area contributed by atoms with Crippen LogP contribution in [0.5, 0.6) is 0 Å². The zero-order valence-electron chi connectivity index (χ0n) is 6.15. The van der Waals surface area contributed by atoms with Gasteiger partial charge in [0.1, 0.15) is 0 Å². The minimum atomic E-state index is -2.68. The summed E-state index contributed by atoms with van der Waals surface area (Å²) >= 11 is 0. The molecule has 4 nitrogen and oxygen atoms in total. The molecule has 0 aliphatic heterocycles. The molecular weight excluding hydrogens is 168 g/mol. The second-order valence-corrected chi connectivity index (χ2v) is 4.18. The molecule has 0 saturated heterocycles. The van der Waals surface area contributed by atoms with Gasteiger partial charge in [0.05, 0.1) is 0 Å². The van der Waals surface area contributed by atoms with E-state index >= 15 is 0 Å². The maximum atomic E-state index is 10.7. The molecule has 0 aromatic rings. The average molecular weight is 180 g/mol. The first-order valence-electron chi connectivity index (χ1n) is 3.68. The molecular formula is C6H12O4S. The molecule has 0 radical (unpaired) electrons. The van der Waals surface area contributed by atoms with Crippen LogP contribution >= 0.6 is 0 Å². The molecule has 1 N–H and O–H groups in total. The average Bonchev–Trinajstić information content (AvgIpc) is 2.05. The first-order valence-corrected chi connectivity index (χ1v) is 4.86. The predicted octanol–water partition coefficient (Wildman–Crippen LogP) is 0.748. The minimum absolute atomic E-state index is 0.419. The lowest BCUT2D eigenvalue weighted by Gasteiger charge is -2.27. The van der Waals surface area contributed by atoms with Crippen LogP contribution in [-0.4, -0.2) is 18.6 Å². The van der Waals surface area contributed by atoms with E-state index < -0.39 is 15.6 Å². The third-order valence-corrected chi connectivity index (χ3v) is 3.33. The molecule has 0 spiro atoms. The van der Waals surface area contributed by atoms with E-state index in [4.69, 9.17) is 5.26 Å². The van der Waals surface area contributed by atoms with Gasteiger partial charge in [-0.15, -0.1) is 0 Å². The topological polar surface area (TPSA) is 63.6 Å². The van der Waals surface area contributed by atoms with Gasteiger partial charge < -0.3 is 0 Å². The third-order valence-electron chi connectivity index (χ3n) is 2.14. The monoisotopic (exact) mass is 180 g/mol. The lowest BCUT2D eigenvalue weighted by atomic mass is 9.97. The van der Waals surface area contributed by atoms with Crippen LogP contribution in [0.2, 0.25) is 0 Å². The minimum Gasteiger partial charge on any atom is -0.250 e. The van der Waals surface area contributed by atoms with E-state index in [1.54, 1.807) is 0 Å². The summed E-state index contributed by atoms with van der Waals surface area (Å²) in [6.45, 7) is 0. The van der Waals surface area contributed by atoms with Crippen molar-refractivity contribution in [1.82, 2.24) is 0 Å². The molecule has 1 fully saturated rings. The van der Waals surface area contributed by atoms with Crippen molar-refractivity contribution in [3.05, 3.63) is 0 Å². The van der Waals surface area contributed by atoms with E-state index in [1.165, 1.54) is 0 Å². The van der Waals surface area contributed by atoms with Gasteiger partial charge in [0.25, 0.3) is 0 Å². The molecule has 0 amide bonds. The molecule has 0 heterocycles. The smallest absolute Gasteiger partial charge is 0.200 e. The van der Waals surface area contributed by atoms with Crippen molar-refractivity contribution in [3.8, 4) is 0 Å². The number of hydrogen-bond donors (Lipinski definition) is 2. The van der Waals surface area contributed by atoms with Gasteiger partial charge in [-0.25, -0.2) is 13.3 Å². The number of hydrogen-bond acceptors (Lipinski definition) is 4. The van der Waals surface area contributed by atoms with Crippen LogP contribution in [0.25, 0.3) is 0 Å². The number of rotatable bonds is 2. The van der Waals surface area contributed by atoms with E-state index in [0.29, 0.717) is 12.8 Å². The highest BCUT2D eigenvalue weighted by atomic mass is 32.2. The largest absolute Gasteiger partial charge is 0.250 e. The molecule has 1 saturated carbocycles. The van der Waals surface area contributed by atoms with Crippen molar-refractivity contribution in [3.63, 3.8) is 0 Å². The van der Waals surface area contributed by atoms with Gasteiger partial charge in [0.2, 0.25) is 4.93 Å². The van der Waals surface area contributed by atoms with E-state index in [2.05, 4.69) is 4.89 Å². The molecule has 0 aromatic carbocycles. The van der Waals surface area contributed by atoms with Crippen LogP contribution < -0.4 is 0 Å². The lowest BCUT2D eigenvalue weighted by molar-refractivity contribution is -0.299. The summed E-state index contributed by atoms with van der Waals surface area (Å²) in [4.78, 5) is 2.77. The SMILES string of the molecule is O=[SH](=O)C1(OO)CCCCC1. The molecule has 1 rings (SSSR count). The molecule has 0 unspecified atom stereocenters. The van der Waals surface area contributed by atoms with Gasteiger partial charge in [0.15, 0.2) is 10.7 Å². The van der Waals surface area contributed by atoms with Crippen LogP contribution in [0.15, 0.2) is 0 Å². The normalized spacial score (nSPS) is 23.8. The van der Waals surface area contributed by atoms with Crippen molar-refractivity contribution in [1.29, 1.82) is 0 Å². The summed E-state index contributed by atoms with van der Waals surface area (Å²) in [5.41, 5.74) is 0. The lowest BCUT2D eigenvalue weighted by Crippen LogP contribution is -2.35. The Morgan fingerprint density at radius 2 is 1.73 bits per heavy atom. The zero-order valence-corrected chi connectivity index (χ0v) is 7.05. The van der Waals surface area contributed by atoms with Gasteiger partial charge in [-0.2, -0.15) is 0 Å². The highest BCUT2D eigenvalue weighted by Crippen LogP contribution is 2.31. The van der Waals surface area contributed by atoms with Gasteiger partial charge >= 0.3 is 0 Å². The van der Waals surface area contributed by atoms with Gasteiger partial charge in [-0.05, 0) is 25.7 Å². The summed E-state index contributed by atoms with van der Waals surface area (Å²) < 4.78 is 21.3. The summed E-state index contributed by atoms with van der Waals surface area (Å²) in [7, 11) is -2.68. The van der Waals surface area contributed by atoms with Gasteiger partial charge in [-0.1, -0.05) is 6.42 Å². The quantitative estimate of drug-likeness (QED) is 0.374. The summed E-state index contributed by atoms with van der Waals surface area (Å²) in [6, 6.07) is 0. The third kappa shape index (κ3) is 1.72. The van der Waals surface area contributed by atoms with E-state index in [1.807, 2.05) is 0 Å². The second kappa shape index (κ2) is 3.51. The molecule has 1 aliphatic carbocycles. The first-order chi connectivity index (χ1) is 5.21. The summed E-state index contributed by atoms with van der Waals surface area (Å²) in [5, 5.41) is 8.43. The highest BCUT2D eigenvalue weighted by molar-refractivity contribution is 7.73. The fourth-order valence-corrected chi connectivity index (χ4v) is 2.16. The predicted molar refractivity (Wildman–Crippen MR) is 39.8 cm³/mol. The van der Waals surface area contributed by atoms with Crippen LogP contribution in [0.4, 0.5) is 0 Å². The fourth-order valence-electron chi connectivity index (χ4n) is 1.41. The highest BCUT2D eigenvalue weighted by Gasteiger charge is 2.37. The van der Waals surface area contributed by atoms with E-state index in [9.17, 15) is 8.42 Å². The van der Waals surface area contributed by atoms with Crippen LogP contribution in [-0.2, 0) is 15.6 Å². The van der Waals surface area contributed by atoms with Crippen LogP contribution in [0, 0.1) is 0 Å². The van der Waals surface area contributed by atoms with E-state index in [-0.39, 0.29) is 0 Å². The van der Waals surface area contributed by atoms with Gasteiger partial charge in [0, 0.05) is 0 Å². The maximum Gasteiger partial charge on any atom is 0.200 e. The Bertz CT molecular complexity index is 185. The Kier molecular flexibility index (Phi) is 2.86. The van der Waals surface area contributed by atoms with E-state index in [0.717, 1.165) is 19.3 Å². The maximum absolute atomic E-state index is 10.7. The molecule has 66 valence electrons. The molecule has 5 heteroatoms. The Morgan fingerprint density at radius 1 is 1.18 bits per heavy atom. The first kappa shape index (κ1) is 8.96. The Hall–Kier alpha value is -0.130. The summed E-state index contributed by atoms with van der Waals surface area (Å²) in [5.74, 6) is 0. The zero-order chi connectivity index (χ0) is 8.32. The van der Waals surface area contributed by atoms with Crippen LogP contribution in [0.1, 0.15) is 32.1 Å². The fraction of sp³-hybridized carbons (Fsp3) is 1.00. The Balaban J connectivity index is 2.72. The molecule has 1 aliphatic rings. The second-order valence-electron chi connectivity index (χ2n) is 2.86. The molecule has 0 aromatic heterocycles. The summed E-state index contributed by atoms with van der Waals surface area (Å²) in [6.07, 6.45) is 3.48. The Morgan fingerprint density at radius 3 is 2.00 bits per heavy atom. The van der Waals surface area contributed by atoms with Crippen LogP contribution in [0.3, 0.4) is 0 Å².